The lowest BCUT2D eigenvalue weighted by molar-refractivity contribution is 0.321. The van der Waals surface area contributed by atoms with E-state index in [0.717, 1.165) is 40.9 Å². The van der Waals surface area contributed by atoms with Gasteiger partial charge in [-0.25, -0.2) is 0 Å². The van der Waals surface area contributed by atoms with E-state index in [1.807, 2.05) is 48.6 Å². The van der Waals surface area contributed by atoms with Crippen molar-refractivity contribution in [3.63, 3.8) is 0 Å². The summed E-state index contributed by atoms with van der Waals surface area (Å²) in [5.41, 5.74) is 3.49. The van der Waals surface area contributed by atoms with Gasteiger partial charge < -0.3 is 10.4 Å². The van der Waals surface area contributed by atoms with Gasteiger partial charge in [-0.3, -0.25) is 9.88 Å². The molecule has 0 saturated heterocycles. The van der Waals surface area contributed by atoms with Gasteiger partial charge in [0.1, 0.15) is 5.75 Å². The molecule has 3 aromatic rings. The third kappa shape index (κ3) is 4.67. The number of phenolic OH excluding ortho intramolecular Hbond substituents is 1. The van der Waals surface area contributed by atoms with Gasteiger partial charge in [0, 0.05) is 53.2 Å². The van der Waals surface area contributed by atoms with Gasteiger partial charge in [-0.1, -0.05) is 23.8 Å². The normalized spacial score (nSPS) is 10.9. The monoisotopic (exact) mass is 379 g/mol. The fraction of sp³-hybridized carbons (Fsp3) is 0.136. The minimum Gasteiger partial charge on any atom is -0.508 e. The van der Waals surface area contributed by atoms with Crippen LogP contribution in [0, 0.1) is 0 Å². The minimum atomic E-state index is 0.269. The second kappa shape index (κ2) is 8.71. The molecule has 0 aliphatic carbocycles. The summed E-state index contributed by atoms with van der Waals surface area (Å²) >= 11 is 6.06. The molecule has 0 saturated carbocycles. The Morgan fingerprint density at radius 2 is 1.85 bits per heavy atom. The average molecular weight is 380 g/mol. The van der Waals surface area contributed by atoms with Crippen LogP contribution in [-0.4, -0.2) is 28.1 Å². The Morgan fingerprint density at radius 3 is 2.59 bits per heavy atom. The largest absolute Gasteiger partial charge is 0.508 e. The van der Waals surface area contributed by atoms with Gasteiger partial charge in [0.2, 0.25) is 0 Å². The third-order valence-corrected chi connectivity index (χ3v) is 4.47. The van der Waals surface area contributed by atoms with E-state index in [0.29, 0.717) is 11.6 Å². The van der Waals surface area contributed by atoms with Gasteiger partial charge in [0.05, 0.1) is 5.52 Å². The van der Waals surface area contributed by atoms with E-state index in [2.05, 4.69) is 28.4 Å². The van der Waals surface area contributed by atoms with E-state index >= 15 is 0 Å². The zero-order valence-corrected chi connectivity index (χ0v) is 15.8. The Bertz CT molecular complexity index is 961. The summed E-state index contributed by atoms with van der Waals surface area (Å²) in [5, 5.41) is 15.3. The second-order valence-electron chi connectivity index (χ2n) is 6.26. The summed E-state index contributed by atoms with van der Waals surface area (Å²) in [6.45, 7) is 9.62. The molecule has 0 radical (unpaired) electrons. The van der Waals surface area contributed by atoms with Gasteiger partial charge in [-0.2, -0.15) is 0 Å². The number of benzene rings is 2. The highest BCUT2D eigenvalue weighted by molar-refractivity contribution is 6.31. The van der Waals surface area contributed by atoms with Gasteiger partial charge in [0.15, 0.2) is 0 Å². The first-order chi connectivity index (χ1) is 13.1. The van der Waals surface area contributed by atoms with Crippen LogP contribution in [0.15, 0.2) is 74.0 Å². The molecule has 0 atom stereocenters. The molecule has 2 N–H and O–H groups in total. The zero-order valence-electron chi connectivity index (χ0n) is 15.0. The third-order valence-electron chi connectivity index (χ3n) is 4.23. The van der Waals surface area contributed by atoms with Crippen molar-refractivity contribution in [2.45, 2.75) is 6.54 Å². The number of pyridine rings is 1. The number of aromatic hydroxyl groups is 1. The molecule has 27 heavy (non-hydrogen) atoms. The lowest BCUT2D eigenvalue weighted by Crippen LogP contribution is -2.23. The van der Waals surface area contributed by atoms with Crippen molar-refractivity contribution in [2.75, 3.05) is 18.4 Å². The van der Waals surface area contributed by atoms with Crippen LogP contribution in [0.1, 0.15) is 5.56 Å². The topological polar surface area (TPSA) is 48.4 Å². The number of nitrogens with zero attached hydrogens (tertiary/aromatic N) is 2. The zero-order chi connectivity index (χ0) is 19.2. The summed E-state index contributed by atoms with van der Waals surface area (Å²) < 4.78 is 0. The molecule has 5 heteroatoms. The molecular weight excluding hydrogens is 358 g/mol. The van der Waals surface area contributed by atoms with Crippen LogP contribution in [0.2, 0.25) is 5.02 Å². The minimum absolute atomic E-state index is 0.269. The van der Waals surface area contributed by atoms with Crippen molar-refractivity contribution in [2.24, 2.45) is 0 Å². The van der Waals surface area contributed by atoms with Crippen molar-refractivity contribution in [3.05, 3.63) is 84.6 Å². The van der Waals surface area contributed by atoms with E-state index in [4.69, 9.17) is 11.6 Å². The number of fused-ring (bicyclic) bond motifs is 1. The Labute approximate surface area is 164 Å². The summed E-state index contributed by atoms with van der Waals surface area (Å²) in [5.74, 6) is 0.269. The van der Waals surface area contributed by atoms with E-state index < -0.39 is 0 Å². The summed E-state index contributed by atoms with van der Waals surface area (Å²) in [6, 6.07) is 13.1. The van der Waals surface area contributed by atoms with Crippen LogP contribution in [-0.2, 0) is 6.54 Å². The van der Waals surface area contributed by atoms with Crippen LogP contribution >= 0.6 is 11.6 Å². The van der Waals surface area contributed by atoms with E-state index in [1.54, 1.807) is 12.3 Å². The first kappa shape index (κ1) is 19.0. The van der Waals surface area contributed by atoms with Crippen LogP contribution < -0.4 is 5.32 Å². The van der Waals surface area contributed by atoms with Crippen molar-refractivity contribution >= 4 is 33.9 Å². The van der Waals surface area contributed by atoms with Crippen molar-refractivity contribution in [1.29, 1.82) is 0 Å². The number of phenols is 1. The maximum Gasteiger partial charge on any atom is 0.120 e. The van der Waals surface area contributed by atoms with Gasteiger partial charge >= 0.3 is 0 Å². The highest BCUT2D eigenvalue weighted by Gasteiger charge is 2.09. The van der Waals surface area contributed by atoms with Crippen LogP contribution in [0.4, 0.5) is 11.4 Å². The number of hydrogen-bond donors (Lipinski definition) is 2. The predicted octanol–water partition coefficient (Wildman–Crippen LogP) is 5.51. The molecule has 0 aliphatic heterocycles. The summed E-state index contributed by atoms with van der Waals surface area (Å²) in [7, 11) is 0. The van der Waals surface area contributed by atoms with Crippen molar-refractivity contribution in [1.82, 2.24) is 9.88 Å². The molecule has 0 bridgehead atoms. The Morgan fingerprint density at radius 1 is 1.07 bits per heavy atom. The molecule has 3 rings (SSSR count). The molecule has 0 fully saturated rings. The predicted molar refractivity (Wildman–Crippen MR) is 114 cm³/mol. The molecule has 4 nitrogen and oxygen atoms in total. The number of anilines is 2. The van der Waals surface area contributed by atoms with E-state index in [-0.39, 0.29) is 5.75 Å². The lowest BCUT2D eigenvalue weighted by Gasteiger charge is -2.20. The average Bonchev–Trinajstić information content (AvgIpc) is 2.65. The first-order valence-electron chi connectivity index (χ1n) is 8.68. The van der Waals surface area contributed by atoms with Crippen LogP contribution in [0.25, 0.3) is 10.9 Å². The molecule has 0 aliphatic rings. The van der Waals surface area contributed by atoms with Gasteiger partial charge in [-0.05, 0) is 42.5 Å². The van der Waals surface area contributed by atoms with E-state index in [1.165, 1.54) is 0 Å². The maximum atomic E-state index is 10.3. The number of aromatic nitrogens is 1. The van der Waals surface area contributed by atoms with Crippen molar-refractivity contribution in [3.8, 4) is 5.75 Å². The smallest absolute Gasteiger partial charge is 0.120 e. The SMILES string of the molecule is C=CCN(CC=C)Cc1cc(Nc2ccnc3cc(Cl)ccc23)ccc1O. The Hall–Kier alpha value is -2.82. The summed E-state index contributed by atoms with van der Waals surface area (Å²) in [4.78, 5) is 6.51. The molecule has 138 valence electrons. The fourth-order valence-electron chi connectivity index (χ4n) is 2.99. The molecule has 0 amide bonds. The highest BCUT2D eigenvalue weighted by atomic mass is 35.5. The molecule has 1 aromatic heterocycles. The van der Waals surface area contributed by atoms with E-state index in [9.17, 15) is 5.11 Å². The number of halogens is 1. The maximum absolute atomic E-state index is 10.3. The first-order valence-corrected chi connectivity index (χ1v) is 9.06. The second-order valence-corrected chi connectivity index (χ2v) is 6.70. The van der Waals surface area contributed by atoms with Crippen LogP contribution in [0.3, 0.4) is 0 Å². The van der Waals surface area contributed by atoms with Gasteiger partial charge in [0.25, 0.3) is 0 Å². The van der Waals surface area contributed by atoms with Crippen LogP contribution in [0.5, 0.6) is 5.75 Å². The molecule has 2 aromatic carbocycles. The number of hydrogen-bond acceptors (Lipinski definition) is 4. The van der Waals surface area contributed by atoms with Gasteiger partial charge in [-0.15, -0.1) is 13.2 Å². The molecule has 1 heterocycles. The number of nitrogens with one attached hydrogen (secondary N) is 1. The summed E-state index contributed by atoms with van der Waals surface area (Å²) in [6.07, 6.45) is 5.44. The van der Waals surface area contributed by atoms with Crippen molar-refractivity contribution < 1.29 is 5.11 Å². The highest BCUT2D eigenvalue weighted by Crippen LogP contribution is 2.29. The number of rotatable bonds is 8. The lowest BCUT2D eigenvalue weighted by atomic mass is 10.1. The quantitative estimate of drug-likeness (QED) is 0.400. The molecular formula is C22H22ClN3O. The Kier molecular flexibility index (Phi) is 6.12. The molecule has 0 spiro atoms. The molecule has 0 unspecified atom stereocenters. The Balaban J connectivity index is 1.88. The standard InChI is InChI=1S/C22H22ClN3O/c1-3-11-26(12-4-2)15-16-13-18(6-8-22(16)27)25-20-9-10-24-21-14-17(23)5-7-19(20)21/h3-10,13-14,27H,1-2,11-12,15H2,(H,24,25). The fourth-order valence-corrected chi connectivity index (χ4v) is 3.15.